The molecule has 2 rings (SSSR count). The molecule has 2 aromatic carbocycles. The fourth-order valence-electron chi connectivity index (χ4n) is 2.41. The number of nitrogens with zero attached hydrogens (tertiary/aromatic N) is 1. The van der Waals surface area contributed by atoms with E-state index in [2.05, 4.69) is 5.32 Å². The SMILES string of the molecule is CN(C)C(CNC(=O)Cc1ccc(N)cc1)c1ccccc1Cl. The van der Waals surface area contributed by atoms with E-state index in [0.717, 1.165) is 11.1 Å². The van der Waals surface area contributed by atoms with Gasteiger partial charge in [0.2, 0.25) is 5.91 Å². The van der Waals surface area contributed by atoms with Crippen LogP contribution in [-0.2, 0) is 11.2 Å². The lowest BCUT2D eigenvalue weighted by molar-refractivity contribution is -0.120. The summed E-state index contributed by atoms with van der Waals surface area (Å²) < 4.78 is 0. The Kier molecular flexibility index (Phi) is 6.02. The first-order chi connectivity index (χ1) is 11.0. The van der Waals surface area contributed by atoms with Gasteiger partial charge < -0.3 is 16.0 Å². The normalized spacial score (nSPS) is 12.2. The Morgan fingerprint density at radius 3 is 2.43 bits per heavy atom. The second-order valence-corrected chi connectivity index (χ2v) is 6.13. The van der Waals surface area contributed by atoms with Crippen LogP contribution >= 0.6 is 11.6 Å². The van der Waals surface area contributed by atoms with Crippen LogP contribution in [0.25, 0.3) is 0 Å². The highest BCUT2D eigenvalue weighted by Crippen LogP contribution is 2.25. The maximum Gasteiger partial charge on any atom is 0.224 e. The first-order valence-electron chi connectivity index (χ1n) is 7.49. The van der Waals surface area contributed by atoms with E-state index in [9.17, 15) is 4.79 Å². The van der Waals surface area contributed by atoms with Crippen molar-refractivity contribution in [2.45, 2.75) is 12.5 Å². The molecule has 0 aliphatic carbocycles. The van der Waals surface area contributed by atoms with Crippen molar-refractivity contribution in [3.05, 3.63) is 64.7 Å². The Balaban J connectivity index is 1.97. The summed E-state index contributed by atoms with van der Waals surface area (Å²) in [4.78, 5) is 14.2. The molecule has 23 heavy (non-hydrogen) atoms. The summed E-state index contributed by atoms with van der Waals surface area (Å²) in [5, 5.41) is 3.69. The molecule has 1 atom stereocenters. The van der Waals surface area contributed by atoms with Crippen LogP contribution in [0.4, 0.5) is 5.69 Å². The molecule has 0 saturated heterocycles. The van der Waals surface area contributed by atoms with Gasteiger partial charge in [-0.25, -0.2) is 0 Å². The predicted octanol–water partition coefficient (Wildman–Crippen LogP) is 2.88. The first-order valence-corrected chi connectivity index (χ1v) is 7.87. The highest BCUT2D eigenvalue weighted by Gasteiger charge is 2.17. The predicted molar refractivity (Wildman–Crippen MR) is 95.4 cm³/mol. The number of nitrogen functional groups attached to an aromatic ring is 1. The number of likely N-dealkylation sites (N-methyl/N-ethyl adjacent to an activating group) is 1. The van der Waals surface area contributed by atoms with Crippen LogP contribution in [0.15, 0.2) is 48.5 Å². The lowest BCUT2D eigenvalue weighted by Gasteiger charge is -2.26. The van der Waals surface area contributed by atoms with Crippen LogP contribution in [0.5, 0.6) is 0 Å². The molecule has 4 nitrogen and oxygen atoms in total. The Bertz CT molecular complexity index is 656. The molecular weight excluding hydrogens is 310 g/mol. The number of rotatable bonds is 6. The van der Waals surface area contributed by atoms with Gasteiger partial charge in [0.15, 0.2) is 0 Å². The van der Waals surface area contributed by atoms with Crippen molar-refractivity contribution in [3.8, 4) is 0 Å². The Morgan fingerprint density at radius 2 is 1.83 bits per heavy atom. The van der Waals surface area contributed by atoms with Crippen LogP contribution in [0, 0.1) is 0 Å². The van der Waals surface area contributed by atoms with Crippen LogP contribution < -0.4 is 11.1 Å². The standard InChI is InChI=1S/C18H22ClN3O/c1-22(2)17(15-5-3-4-6-16(15)19)12-21-18(23)11-13-7-9-14(20)10-8-13/h3-10,17H,11-12,20H2,1-2H3,(H,21,23). The van der Waals surface area contributed by atoms with Crippen LogP contribution in [0.2, 0.25) is 5.02 Å². The number of carbonyl (C=O) groups is 1. The number of benzene rings is 2. The van der Waals surface area contributed by atoms with Crippen molar-refractivity contribution in [3.63, 3.8) is 0 Å². The molecule has 0 aromatic heterocycles. The number of hydrogen-bond acceptors (Lipinski definition) is 3. The summed E-state index contributed by atoms with van der Waals surface area (Å²) in [5.74, 6) is -0.0197. The molecule has 0 spiro atoms. The zero-order valence-electron chi connectivity index (χ0n) is 13.4. The van der Waals surface area contributed by atoms with Gasteiger partial charge in [0, 0.05) is 17.3 Å². The molecule has 0 aliphatic rings. The topological polar surface area (TPSA) is 58.4 Å². The highest BCUT2D eigenvalue weighted by molar-refractivity contribution is 6.31. The molecule has 0 bridgehead atoms. The summed E-state index contributed by atoms with van der Waals surface area (Å²) in [7, 11) is 3.94. The zero-order chi connectivity index (χ0) is 16.8. The second kappa shape index (κ2) is 7.99. The van der Waals surface area contributed by atoms with Gasteiger partial charge in [-0.15, -0.1) is 0 Å². The third-order valence-electron chi connectivity index (χ3n) is 3.72. The van der Waals surface area contributed by atoms with E-state index >= 15 is 0 Å². The van der Waals surface area contributed by atoms with Gasteiger partial charge in [-0.3, -0.25) is 4.79 Å². The Labute approximate surface area is 142 Å². The van der Waals surface area contributed by atoms with Crippen molar-refractivity contribution in [1.29, 1.82) is 0 Å². The molecule has 5 heteroatoms. The van der Waals surface area contributed by atoms with Crippen LogP contribution in [0.1, 0.15) is 17.2 Å². The molecule has 2 aromatic rings. The fourth-order valence-corrected chi connectivity index (χ4v) is 2.67. The largest absolute Gasteiger partial charge is 0.399 e. The summed E-state index contributed by atoms with van der Waals surface area (Å²) >= 11 is 6.27. The molecule has 1 amide bonds. The van der Waals surface area contributed by atoms with Crippen LogP contribution in [0.3, 0.4) is 0 Å². The van der Waals surface area contributed by atoms with Crippen molar-refractivity contribution >= 4 is 23.2 Å². The van der Waals surface area contributed by atoms with E-state index in [1.165, 1.54) is 0 Å². The number of nitrogens with one attached hydrogen (secondary N) is 1. The van der Waals surface area contributed by atoms with Crippen molar-refractivity contribution in [1.82, 2.24) is 10.2 Å². The number of anilines is 1. The third-order valence-corrected chi connectivity index (χ3v) is 4.07. The quantitative estimate of drug-likeness (QED) is 0.800. The minimum Gasteiger partial charge on any atom is -0.399 e. The van der Waals surface area contributed by atoms with E-state index in [1.807, 2.05) is 55.4 Å². The Hall–Kier alpha value is -2.04. The molecular formula is C18H22ClN3O. The molecule has 0 radical (unpaired) electrons. The van der Waals surface area contributed by atoms with Crippen molar-refractivity contribution < 1.29 is 4.79 Å². The second-order valence-electron chi connectivity index (χ2n) is 5.72. The van der Waals surface area contributed by atoms with E-state index in [-0.39, 0.29) is 11.9 Å². The zero-order valence-corrected chi connectivity index (χ0v) is 14.2. The monoisotopic (exact) mass is 331 g/mol. The van der Waals surface area contributed by atoms with Gasteiger partial charge in [-0.05, 0) is 43.4 Å². The minimum atomic E-state index is -0.0197. The van der Waals surface area contributed by atoms with Gasteiger partial charge in [0.05, 0.1) is 12.5 Å². The van der Waals surface area contributed by atoms with E-state index < -0.39 is 0 Å². The summed E-state index contributed by atoms with van der Waals surface area (Å²) in [6.45, 7) is 0.505. The van der Waals surface area contributed by atoms with Crippen molar-refractivity contribution in [2.24, 2.45) is 0 Å². The van der Waals surface area contributed by atoms with E-state index in [0.29, 0.717) is 23.7 Å². The summed E-state index contributed by atoms with van der Waals surface area (Å²) in [5.41, 5.74) is 8.29. The molecule has 122 valence electrons. The smallest absolute Gasteiger partial charge is 0.224 e. The maximum atomic E-state index is 12.1. The number of nitrogens with two attached hydrogens (primary N) is 1. The molecule has 0 saturated carbocycles. The number of carbonyl (C=O) groups excluding carboxylic acids is 1. The molecule has 1 unspecified atom stereocenters. The van der Waals surface area contributed by atoms with Crippen LogP contribution in [-0.4, -0.2) is 31.4 Å². The number of hydrogen-bond donors (Lipinski definition) is 2. The maximum absolute atomic E-state index is 12.1. The molecule has 0 fully saturated rings. The van der Waals surface area contributed by atoms with Gasteiger partial charge in [-0.1, -0.05) is 41.9 Å². The fraction of sp³-hybridized carbons (Fsp3) is 0.278. The average molecular weight is 332 g/mol. The summed E-state index contributed by atoms with van der Waals surface area (Å²) in [6.07, 6.45) is 0.336. The van der Waals surface area contributed by atoms with E-state index in [1.54, 1.807) is 12.1 Å². The molecule has 0 aliphatic heterocycles. The molecule has 0 heterocycles. The van der Waals surface area contributed by atoms with Crippen molar-refractivity contribution in [2.75, 3.05) is 26.4 Å². The highest BCUT2D eigenvalue weighted by atomic mass is 35.5. The first kappa shape index (κ1) is 17.3. The summed E-state index contributed by atoms with van der Waals surface area (Å²) in [6, 6.07) is 15.1. The van der Waals surface area contributed by atoms with Gasteiger partial charge in [0.1, 0.15) is 0 Å². The molecule has 3 N–H and O–H groups in total. The number of amides is 1. The van der Waals surface area contributed by atoms with Gasteiger partial charge >= 0.3 is 0 Å². The minimum absolute atomic E-state index is 0.0197. The van der Waals surface area contributed by atoms with E-state index in [4.69, 9.17) is 17.3 Å². The Morgan fingerprint density at radius 1 is 1.17 bits per heavy atom. The number of halogens is 1. The third kappa shape index (κ3) is 4.98. The van der Waals surface area contributed by atoms with Gasteiger partial charge in [-0.2, -0.15) is 0 Å². The average Bonchev–Trinajstić information content (AvgIpc) is 2.51. The lowest BCUT2D eigenvalue weighted by Crippen LogP contribution is -2.35. The van der Waals surface area contributed by atoms with Gasteiger partial charge in [0.25, 0.3) is 0 Å². The lowest BCUT2D eigenvalue weighted by atomic mass is 10.1.